The van der Waals surface area contributed by atoms with E-state index in [0.29, 0.717) is 24.7 Å². The summed E-state index contributed by atoms with van der Waals surface area (Å²) in [7, 11) is 3.15. The SMILES string of the molecule is COc1ccc(CC(=O)Nc2ccc(C3OCCO3)cc2)cc1OC. The molecule has 1 aliphatic heterocycles. The van der Waals surface area contributed by atoms with Crippen LogP contribution in [0.2, 0.25) is 0 Å². The Labute approximate surface area is 146 Å². The van der Waals surface area contributed by atoms with E-state index in [1.54, 1.807) is 26.4 Å². The monoisotopic (exact) mass is 343 g/mol. The maximum Gasteiger partial charge on any atom is 0.228 e. The average Bonchev–Trinajstić information content (AvgIpc) is 3.17. The van der Waals surface area contributed by atoms with Crippen LogP contribution in [-0.4, -0.2) is 33.3 Å². The van der Waals surface area contributed by atoms with Crippen molar-refractivity contribution >= 4 is 11.6 Å². The molecule has 0 atom stereocenters. The van der Waals surface area contributed by atoms with Gasteiger partial charge in [-0.3, -0.25) is 4.79 Å². The molecule has 0 radical (unpaired) electrons. The number of anilines is 1. The van der Waals surface area contributed by atoms with E-state index in [9.17, 15) is 4.79 Å². The van der Waals surface area contributed by atoms with E-state index in [1.165, 1.54) is 0 Å². The summed E-state index contributed by atoms with van der Waals surface area (Å²) >= 11 is 0. The number of nitrogens with one attached hydrogen (secondary N) is 1. The van der Waals surface area contributed by atoms with Crippen molar-refractivity contribution in [2.45, 2.75) is 12.7 Å². The summed E-state index contributed by atoms with van der Waals surface area (Å²) in [6, 6.07) is 12.9. The van der Waals surface area contributed by atoms with Crippen LogP contribution in [0.4, 0.5) is 5.69 Å². The molecule has 132 valence electrons. The van der Waals surface area contributed by atoms with Crippen LogP contribution in [-0.2, 0) is 20.7 Å². The van der Waals surface area contributed by atoms with Crippen molar-refractivity contribution in [3.63, 3.8) is 0 Å². The van der Waals surface area contributed by atoms with Crippen LogP contribution in [0, 0.1) is 0 Å². The molecule has 1 fully saturated rings. The highest BCUT2D eigenvalue weighted by Crippen LogP contribution is 2.28. The van der Waals surface area contributed by atoms with Crippen LogP contribution in [0.25, 0.3) is 0 Å². The summed E-state index contributed by atoms with van der Waals surface area (Å²) in [5.41, 5.74) is 2.52. The van der Waals surface area contributed by atoms with Gasteiger partial charge in [-0.2, -0.15) is 0 Å². The second-order valence-corrected chi connectivity index (χ2v) is 5.61. The van der Waals surface area contributed by atoms with E-state index in [2.05, 4.69) is 5.32 Å². The summed E-state index contributed by atoms with van der Waals surface area (Å²) in [4.78, 5) is 12.2. The lowest BCUT2D eigenvalue weighted by molar-refractivity contribution is -0.115. The Morgan fingerprint density at radius 1 is 1.04 bits per heavy atom. The molecule has 6 nitrogen and oxygen atoms in total. The Bertz CT molecular complexity index is 723. The highest BCUT2D eigenvalue weighted by molar-refractivity contribution is 5.92. The van der Waals surface area contributed by atoms with Gasteiger partial charge in [-0.15, -0.1) is 0 Å². The van der Waals surface area contributed by atoms with Gasteiger partial charge in [0.05, 0.1) is 33.9 Å². The number of amides is 1. The van der Waals surface area contributed by atoms with Gasteiger partial charge in [-0.05, 0) is 29.8 Å². The highest BCUT2D eigenvalue weighted by Gasteiger charge is 2.18. The number of benzene rings is 2. The van der Waals surface area contributed by atoms with E-state index in [4.69, 9.17) is 18.9 Å². The van der Waals surface area contributed by atoms with Crippen LogP contribution in [0.5, 0.6) is 11.5 Å². The molecule has 0 unspecified atom stereocenters. The van der Waals surface area contributed by atoms with E-state index in [0.717, 1.165) is 16.8 Å². The van der Waals surface area contributed by atoms with Gasteiger partial charge >= 0.3 is 0 Å². The number of hydrogen-bond acceptors (Lipinski definition) is 5. The normalized spacial score (nSPS) is 14.3. The van der Waals surface area contributed by atoms with E-state index in [-0.39, 0.29) is 18.6 Å². The van der Waals surface area contributed by atoms with Gasteiger partial charge in [0.2, 0.25) is 5.91 Å². The molecule has 25 heavy (non-hydrogen) atoms. The summed E-state index contributed by atoms with van der Waals surface area (Å²) in [5.74, 6) is 1.14. The molecule has 1 amide bonds. The second-order valence-electron chi connectivity index (χ2n) is 5.61. The maximum atomic E-state index is 12.2. The second kappa shape index (κ2) is 8.00. The van der Waals surface area contributed by atoms with Crippen LogP contribution >= 0.6 is 0 Å². The minimum absolute atomic E-state index is 0.103. The van der Waals surface area contributed by atoms with E-state index >= 15 is 0 Å². The van der Waals surface area contributed by atoms with Crippen LogP contribution < -0.4 is 14.8 Å². The fraction of sp³-hybridized carbons (Fsp3) is 0.316. The molecule has 2 aromatic rings. The molecule has 2 aromatic carbocycles. The Kier molecular flexibility index (Phi) is 5.53. The first-order valence-corrected chi connectivity index (χ1v) is 8.03. The quantitative estimate of drug-likeness (QED) is 0.873. The first-order valence-electron chi connectivity index (χ1n) is 8.03. The lowest BCUT2D eigenvalue weighted by Gasteiger charge is -2.11. The molecule has 1 N–H and O–H groups in total. The highest BCUT2D eigenvalue weighted by atomic mass is 16.7. The van der Waals surface area contributed by atoms with Crippen LogP contribution in [0.15, 0.2) is 42.5 Å². The largest absolute Gasteiger partial charge is 0.493 e. The Balaban J connectivity index is 1.60. The fourth-order valence-electron chi connectivity index (χ4n) is 2.66. The Morgan fingerprint density at radius 2 is 1.72 bits per heavy atom. The smallest absolute Gasteiger partial charge is 0.228 e. The molecule has 0 aromatic heterocycles. The van der Waals surface area contributed by atoms with Crippen molar-refractivity contribution in [3.8, 4) is 11.5 Å². The molecule has 1 heterocycles. The zero-order valence-electron chi connectivity index (χ0n) is 14.3. The minimum atomic E-state index is -0.309. The molecule has 6 heteroatoms. The van der Waals surface area contributed by atoms with Crippen molar-refractivity contribution in [2.24, 2.45) is 0 Å². The average molecular weight is 343 g/mol. The number of methoxy groups -OCH3 is 2. The predicted molar refractivity (Wildman–Crippen MR) is 93.0 cm³/mol. The van der Waals surface area contributed by atoms with E-state index < -0.39 is 0 Å². The zero-order chi connectivity index (χ0) is 17.6. The van der Waals surface area contributed by atoms with Crippen molar-refractivity contribution in [1.29, 1.82) is 0 Å². The third-order valence-corrected chi connectivity index (χ3v) is 3.90. The summed E-state index contributed by atoms with van der Waals surface area (Å²) < 4.78 is 21.4. The number of ether oxygens (including phenoxy) is 4. The first-order chi connectivity index (χ1) is 12.2. The molecule has 0 spiro atoms. The van der Waals surface area contributed by atoms with Gasteiger partial charge < -0.3 is 24.3 Å². The number of carbonyl (C=O) groups excluding carboxylic acids is 1. The molecule has 0 bridgehead atoms. The summed E-state index contributed by atoms with van der Waals surface area (Å²) in [5, 5.41) is 2.88. The molecule has 0 aliphatic carbocycles. The standard InChI is InChI=1S/C19H21NO5/c1-22-16-8-3-13(11-17(16)23-2)12-18(21)20-15-6-4-14(5-7-15)19-24-9-10-25-19/h3-8,11,19H,9-10,12H2,1-2H3,(H,20,21). The third-order valence-electron chi connectivity index (χ3n) is 3.90. The van der Waals surface area contributed by atoms with Crippen molar-refractivity contribution in [1.82, 2.24) is 0 Å². The number of carbonyl (C=O) groups is 1. The lowest BCUT2D eigenvalue weighted by Crippen LogP contribution is -2.14. The summed E-state index contributed by atoms with van der Waals surface area (Å²) in [6.07, 6.45) is -0.0618. The van der Waals surface area contributed by atoms with Crippen LogP contribution in [0.3, 0.4) is 0 Å². The molecular formula is C19H21NO5. The molecule has 3 rings (SSSR count). The summed E-state index contributed by atoms with van der Waals surface area (Å²) in [6.45, 7) is 1.21. The Morgan fingerprint density at radius 3 is 2.36 bits per heavy atom. The van der Waals surface area contributed by atoms with E-state index in [1.807, 2.05) is 30.3 Å². The van der Waals surface area contributed by atoms with Crippen molar-refractivity contribution in [3.05, 3.63) is 53.6 Å². The van der Waals surface area contributed by atoms with Crippen molar-refractivity contribution < 1.29 is 23.7 Å². The molecular weight excluding hydrogens is 322 g/mol. The lowest BCUT2D eigenvalue weighted by atomic mass is 10.1. The number of rotatable bonds is 6. The van der Waals surface area contributed by atoms with Gasteiger partial charge in [-0.1, -0.05) is 18.2 Å². The molecule has 1 saturated heterocycles. The van der Waals surface area contributed by atoms with Gasteiger partial charge in [-0.25, -0.2) is 0 Å². The Hall–Kier alpha value is -2.57. The maximum absolute atomic E-state index is 12.2. The molecule has 0 saturated carbocycles. The topological polar surface area (TPSA) is 66.0 Å². The van der Waals surface area contributed by atoms with Crippen LogP contribution in [0.1, 0.15) is 17.4 Å². The fourth-order valence-corrected chi connectivity index (χ4v) is 2.66. The van der Waals surface area contributed by atoms with Crippen molar-refractivity contribution in [2.75, 3.05) is 32.8 Å². The van der Waals surface area contributed by atoms with Gasteiger partial charge in [0.25, 0.3) is 0 Å². The van der Waals surface area contributed by atoms with Gasteiger partial charge in [0.1, 0.15) is 0 Å². The zero-order valence-corrected chi connectivity index (χ0v) is 14.3. The third kappa shape index (κ3) is 4.29. The van der Waals surface area contributed by atoms with Gasteiger partial charge in [0.15, 0.2) is 17.8 Å². The molecule has 1 aliphatic rings. The number of hydrogen-bond donors (Lipinski definition) is 1. The predicted octanol–water partition coefficient (Wildman–Crippen LogP) is 2.93. The first kappa shape index (κ1) is 17.3. The minimum Gasteiger partial charge on any atom is -0.493 e. The van der Waals surface area contributed by atoms with Gasteiger partial charge in [0, 0.05) is 11.3 Å².